The summed E-state index contributed by atoms with van der Waals surface area (Å²) in [5, 5.41) is 12.8. The van der Waals surface area contributed by atoms with Gasteiger partial charge in [0, 0.05) is 24.1 Å². The van der Waals surface area contributed by atoms with Crippen LogP contribution >= 0.6 is 27.5 Å². The predicted octanol–water partition coefficient (Wildman–Crippen LogP) is 3.06. The molecule has 1 aliphatic heterocycles. The number of halogens is 2. The molecule has 0 bridgehead atoms. The highest BCUT2D eigenvalue weighted by molar-refractivity contribution is 9.10. The summed E-state index contributed by atoms with van der Waals surface area (Å²) in [4.78, 5) is 2.38. The van der Waals surface area contributed by atoms with Crippen LogP contribution in [0.15, 0.2) is 22.7 Å². The molecule has 0 aliphatic carbocycles. The van der Waals surface area contributed by atoms with Crippen LogP contribution in [0.2, 0.25) is 0 Å². The van der Waals surface area contributed by atoms with E-state index < -0.39 is 6.10 Å². The molecule has 0 spiro atoms. The average Bonchev–Trinajstić information content (AvgIpc) is 2.90. The summed E-state index contributed by atoms with van der Waals surface area (Å²) in [6.45, 7) is 2.68. The minimum Gasteiger partial charge on any atom is -0.390 e. The van der Waals surface area contributed by atoms with E-state index in [1.165, 1.54) is 18.5 Å². The van der Waals surface area contributed by atoms with E-state index in [9.17, 15) is 5.11 Å². The monoisotopic (exact) mass is 332 g/mol. The van der Waals surface area contributed by atoms with Crippen molar-refractivity contribution in [3.8, 4) is 0 Å². The topological polar surface area (TPSA) is 35.5 Å². The first-order chi connectivity index (χ1) is 8.70. The molecule has 5 heteroatoms. The predicted molar refractivity (Wildman–Crippen MR) is 80.8 cm³/mol. The molecule has 1 aromatic carbocycles. The van der Waals surface area contributed by atoms with Crippen LogP contribution in [-0.2, 0) is 0 Å². The maximum atomic E-state index is 9.51. The Bertz CT molecular complexity index is 397. The lowest BCUT2D eigenvalue weighted by molar-refractivity contribution is 0.211. The number of nitrogens with zero attached hydrogens (tertiary/aromatic N) is 1. The van der Waals surface area contributed by atoms with Crippen molar-refractivity contribution in [2.24, 2.45) is 0 Å². The Morgan fingerprint density at radius 3 is 2.78 bits per heavy atom. The van der Waals surface area contributed by atoms with Gasteiger partial charge in [0.25, 0.3) is 0 Å². The molecular weight excluding hydrogens is 316 g/mol. The lowest BCUT2D eigenvalue weighted by atomic mass is 10.2. The van der Waals surface area contributed by atoms with Gasteiger partial charge in [0.1, 0.15) is 0 Å². The number of benzene rings is 1. The summed E-state index contributed by atoms with van der Waals surface area (Å²) in [7, 11) is 0. The second-order valence-corrected chi connectivity index (χ2v) is 5.77. The first-order valence-electron chi connectivity index (χ1n) is 6.23. The number of hydrogen-bond donors (Lipinski definition) is 2. The summed E-state index contributed by atoms with van der Waals surface area (Å²) >= 11 is 9.11. The summed E-state index contributed by atoms with van der Waals surface area (Å²) < 4.78 is 1.08. The van der Waals surface area contributed by atoms with Crippen molar-refractivity contribution in [2.45, 2.75) is 18.9 Å². The standard InChI is InChI=1S/C13H18BrClN2O/c14-10-3-4-12(16-9-11(18)8-15)13(7-10)17-5-1-2-6-17/h3-4,7,11,16,18H,1-2,5-6,8-9H2. The third kappa shape index (κ3) is 3.53. The molecule has 1 fully saturated rings. The van der Waals surface area contributed by atoms with Crippen molar-refractivity contribution in [3.05, 3.63) is 22.7 Å². The van der Waals surface area contributed by atoms with Crippen LogP contribution in [0.5, 0.6) is 0 Å². The first kappa shape index (κ1) is 14.0. The largest absolute Gasteiger partial charge is 0.390 e. The van der Waals surface area contributed by atoms with Gasteiger partial charge in [-0.3, -0.25) is 0 Å². The molecule has 1 aliphatic rings. The zero-order chi connectivity index (χ0) is 13.0. The van der Waals surface area contributed by atoms with Gasteiger partial charge in [-0.25, -0.2) is 0 Å². The van der Waals surface area contributed by atoms with E-state index in [1.54, 1.807) is 0 Å². The van der Waals surface area contributed by atoms with Gasteiger partial charge in [-0.15, -0.1) is 11.6 Å². The lowest BCUT2D eigenvalue weighted by Gasteiger charge is -2.23. The molecule has 1 unspecified atom stereocenters. The number of hydrogen-bond acceptors (Lipinski definition) is 3. The molecule has 0 saturated carbocycles. The van der Waals surface area contributed by atoms with Crippen molar-refractivity contribution < 1.29 is 5.11 Å². The highest BCUT2D eigenvalue weighted by atomic mass is 79.9. The van der Waals surface area contributed by atoms with Crippen molar-refractivity contribution in [3.63, 3.8) is 0 Å². The summed E-state index contributed by atoms with van der Waals surface area (Å²) in [6, 6.07) is 6.17. The van der Waals surface area contributed by atoms with Gasteiger partial charge >= 0.3 is 0 Å². The molecule has 0 radical (unpaired) electrons. The molecule has 2 rings (SSSR count). The lowest BCUT2D eigenvalue weighted by Crippen LogP contribution is -2.23. The maximum absolute atomic E-state index is 9.51. The van der Waals surface area contributed by atoms with Gasteiger partial charge < -0.3 is 15.3 Å². The van der Waals surface area contributed by atoms with Gasteiger partial charge in [-0.05, 0) is 31.0 Å². The Morgan fingerprint density at radius 1 is 1.39 bits per heavy atom. The number of anilines is 2. The zero-order valence-corrected chi connectivity index (χ0v) is 12.5. The summed E-state index contributed by atoms with van der Waals surface area (Å²) in [5.41, 5.74) is 2.26. The Morgan fingerprint density at radius 2 is 2.11 bits per heavy atom. The SMILES string of the molecule is OC(CCl)CNc1ccc(Br)cc1N1CCCC1. The average molecular weight is 334 g/mol. The quantitative estimate of drug-likeness (QED) is 0.813. The minimum atomic E-state index is -0.512. The number of nitrogens with one attached hydrogen (secondary N) is 1. The molecule has 18 heavy (non-hydrogen) atoms. The van der Waals surface area contributed by atoms with Crippen LogP contribution in [0.3, 0.4) is 0 Å². The van der Waals surface area contributed by atoms with E-state index in [2.05, 4.69) is 32.2 Å². The highest BCUT2D eigenvalue weighted by Crippen LogP contribution is 2.31. The van der Waals surface area contributed by atoms with Crippen molar-refractivity contribution in [2.75, 3.05) is 35.7 Å². The molecule has 0 amide bonds. The first-order valence-corrected chi connectivity index (χ1v) is 7.56. The molecule has 1 aromatic rings. The van der Waals surface area contributed by atoms with Crippen molar-refractivity contribution in [1.82, 2.24) is 0 Å². The van der Waals surface area contributed by atoms with Gasteiger partial charge in [-0.1, -0.05) is 15.9 Å². The molecule has 1 saturated heterocycles. The van der Waals surface area contributed by atoms with E-state index in [0.29, 0.717) is 6.54 Å². The number of aliphatic hydroxyl groups excluding tert-OH is 1. The highest BCUT2D eigenvalue weighted by Gasteiger charge is 2.16. The van der Waals surface area contributed by atoms with E-state index in [4.69, 9.17) is 11.6 Å². The molecule has 1 atom stereocenters. The van der Waals surface area contributed by atoms with E-state index in [0.717, 1.165) is 23.2 Å². The van der Waals surface area contributed by atoms with Crippen LogP contribution in [0, 0.1) is 0 Å². The van der Waals surface area contributed by atoms with Gasteiger partial charge in [0.05, 0.1) is 23.4 Å². The van der Waals surface area contributed by atoms with Crippen LogP contribution in [-0.4, -0.2) is 36.7 Å². The Kier molecular flexibility index (Phi) is 5.15. The summed E-state index contributed by atoms with van der Waals surface area (Å²) in [6.07, 6.45) is 1.98. The minimum absolute atomic E-state index is 0.253. The second-order valence-electron chi connectivity index (χ2n) is 4.54. The van der Waals surface area contributed by atoms with Crippen LogP contribution < -0.4 is 10.2 Å². The van der Waals surface area contributed by atoms with Gasteiger partial charge in [0.15, 0.2) is 0 Å². The molecule has 2 N–H and O–H groups in total. The second kappa shape index (κ2) is 6.64. The Hall–Kier alpha value is -0.450. The molecule has 0 aromatic heterocycles. The third-order valence-corrected chi connectivity index (χ3v) is 3.96. The van der Waals surface area contributed by atoms with E-state index in [1.807, 2.05) is 12.1 Å². The number of aliphatic hydroxyl groups is 1. The van der Waals surface area contributed by atoms with Crippen LogP contribution in [0.25, 0.3) is 0 Å². The number of rotatable bonds is 5. The van der Waals surface area contributed by atoms with Crippen LogP contribution in [0.1, 0.15) is 12.8 Å². The van der Waals surface area contributed by atoms with Gasteiger partial charge in [0.2, 0.25) is 0 Å². The smallest absolute Gasteiger partial charge is 0.0847 e. The van der Waals surface area contributed by atoms with Gasteiger partial charge in [-0.2, -0.15) is 0 Å². The van der Waals surface area contributed by atoms with Crippen molar-refractivity contribution >= 4 is 38.9 Å². The van der Waals surface area contributed by atoms with E-state index >= 15 is 0 Å². The Labute approximate surface area is 121 Å². The molecule has 1 heterocycles. The fourth-order valence-electron chi connectivity index (χ4n) is 2.16. The van der Waals surface area contributed by atoms with Crippen molar-refractivity contribution in [1.29, 1.82) is 0 Å². The van der Waals surface area contributed by atoms with Crippen LogP contribution in [0.4, 0.5) is 11.4 Å². The molecule has 100 valence electrons. The zero-order valence-electron chi connectivity index (χ0n) is 10.2. The molecule has 3 nitrogen and oxygen atoms in total. The maximum Gasteiger partial charge on any atom is 0.0847 e. The Balaban J connectivity index is 2.12. The normalized spacial score (nSPS) is 16.9. The fraction of sp³-hybridized carbons (Fsp3) is 0.538. The number of alkyl halides is 1. The molecular formula is C13H18BrClN2O. The summed E-state index contributed by atoms with van der Waals surface area (Å²) in [5.74, 6) is 0.253. The fourth-order valence-corrected chi connectivity index (χ4v) is 2.61. The third-order valence-electron chi connectivity index (χ3n) is 3.11. The van der Waals surface area contributed by atoms with E-state index in [-0.39, 0.29) is 5.88 Å².